The second-order valence-corrected chi connectivity index (χ2v) is 4.36. The van der Waals surface area contributed by atoms with E-state index >= 15 is 0 Å². The van der Waals surface area contributed by atoms with Gasteiger partial charge in [0.1, 0.15) is 34.0 Å². The molecule has 0 unspecified atom stereocenters. The Bertz CT molecular complexity index is 852. The summed E-state index contributed by atoms with van der Waals surface area (Å²) in [4.78, 5) is 12.0. The smallest absolute Gasteiger partial charge is 0.197 e. The molecule has 0 bridgehead atoms. The molecule has 1 radical (unpaired) electrons. The summed E-state index contributed by atoms with van der Waals surface area (Å²) in [6.07, 6.45) is 0. The van der Waals surface area contributed by atoms with E-state index in [4.69, 9.17) is 4.42 Å². The fourth-order valence-electron chi connectivity index (χ4n) is 2.02. The second-order valence-electron chi connectivity index (χ2n) is 4.36. The maximum Gasteiger partial charge on any atom is 0.197 e. The van der Waals surface area contributed by atoms with Gasteiger partial charge in [-0.25, -0.2) is 0 Å². The number of phenols is 3. The quantitative estimate of drug-likeness (QED) is 0.598. The van der Waals surface area contributed by atoms with Gasteiger partial charge in [-0.05, 0) is 24.3 Å². The Morgan fingerprint density at radius 2 is 1.52 bits per heavy atom. The molecular formula is C15H10NaO5. The summed E-state index contributed by atoms with van der Waals surface area (Å²) in [5.41, 5.74) is 0.287. The number of phenolic OH excluding ortho intramolecular Hbond substituents is 3. The molecule has 0 aliphatic carbocycles. The first-order valence-electron chi connectivity index (χ1n) is 5.84. The van der Waals surface area contributed by atoms with Crippen molar-refractivity contribution in [3.8, 4) is 28.6 Å². The number of aromatic hydroxyl groups is 3. The minimum atomic E-state index is -0.410. The fraction of sp³-hybridized carbons (Fsp3) is 0. The molecular weight excluding hydrogens is 283 g/mol. The first-order chi connectivity index (χ1) is 9.54. The zero-order valence-electron chi connectivity index (χ0n) is 11.2. The molecule has 0 spiro atoms. The Kier molecular flexibility index (Phi) is 4.27. The minimum absolute atomic E-state index is 0. The topological polar surface area (TPSA) is 90.9 Å². The number of benzene rings is 2. The maximum atomic E-state index is 12.0. The molecule has 0 aliphatic heterocycles. The average molecular weight is 293 g/mol. The molecule has 5 nitrogen and oxygen atoms in total. The van der Waals surface area contributed by atoms with Crippen molar-refractivity contribution in [1.29, 1.82) is 0 Å². The SMILES string of the molecule is O=c1cc(-c2ccc(O)cc2)oc2cc(O)cc(O)c12.[Na]. The molecule has 0 amide bonds. The van der Waals surface area contributed by atoms with E-state index in [-0.39, 0.29) is 63.5 Å². The molecule has 0 saturated heterocycles. The predicted molar refractivity (Wildman–Crippen MR) is 78.7 cm³/mol. The molecule has 101 valence electrons. The van der Waals surface area contributed by atoms with E-state index in [1.165, 1.54) is 24.3 Å². The van der Waals surface area contributed by atoms with Crippen molar-refractivity contribution in [3.05, 3.63) is 52.7 Å². The molecule has 3 rings (SSSR count). The summed E-state index contributed by atoms with van der Waals surface area (Å²) in [5, 5.41) is 28.4. The van der Waals surface area contributed by atoms with Crippen molar-refractivity contribution in [2.45, 2.75) is 0 Å². The average Bonchev–Trinajstić information content (AvgIpc) is 2.38. The fourth-order valence-corrected chi connectivity index (χ4v) is 2.02. The minimum Gasteiger partial charge on any atom is -0.508 e. The Morgan fingerprint density at radius 1 is 0.857 bits per heavy atom. The van der Waals surface area contributed by atoms with Gasteiger partial charge in [0.05, 0.1) is 0 Å². The van der Waals surface area contributed by atoms with Crippen LogP contribution in [0.3, 0.4) is 0 Å². The summed E-state index contributed by atoms with van der Waals surface area (Å²) in [5.74, 6) is -0.133. The van der Waals surface area contributed by atoms with Gasteiger partial charge in [-0.1, -0.05) is 0 Å². The van der Waals surface area contributed by atoms with Gasteiger partial charge >= 0.3 is 0 Å². The van der Waals surface area contributed by atoms with Gasteiger partial charge in [0.25, 0.3) is 0 Å². The zero-order chi connectivity index (χ0) is 14.3. The van der Waals surface area contributed by atoms with Crippen molar-refractivity contribution in [2.75, 3.05) is 0 Å². The van der Waals surface area contributed by atoms with Gasteiger partial charge in [-0.3, -0.25) is 4.79 Å². The first-order valence-corrected chi connectivity index (χ1v) is 5.84. The first kappa shape index (κ1) is 15.4. The molecule has 3 aromatic rings. The van der Waals surface area contributed by atoms with Crippen LogP contribution in [-0.2, 0) is 0 Å². The van der Waals surface area contributed by atoms with E-state index in [0.29, 0.717) is 5.56 Å². The standard InChI is InChI=1S/C15H10O5.Na/c16-9-3-1-8(2-4-9)13-7-12(19)15-11(18)5-10(17)6-14(15)20-13;/h1-7,16-18H;. The molecule has 0 saturated carbocycles. The van der Waals surface area contributed by atoms with Crippen LogP contribution in [0, 0.1) is 0 Å². The maximum absolute atomic E-state index is 12.0. The van der Waals surface area contributed by atoms with Crippen LogP contribution in [0.25, 0.3) is 22.3 Å². The molecule has 6 heteroatoms. The summed E-state index contributed by atoms with van der Waals surface area (Å²) < 4.78 is 5.53. The van der Waals surface area contributed by atoms with Gasteiger partial charge in [0, 0.05) is 53.3 Å². The third kappa shape index (κ3) is 2.90. The van der Waals surface area contributed by atoms with Crippen LogP contribution in [0.4, 0.5) is 0 Å². The summed E-state index contributed by atoms with van der Waals surface area (Å²) >= 11 is 0. The van der Waals surface area contributed by atoms with Crippen LogP contribution < -0.4 is 5.43 Å². The molecule has 1 aromatic heterocycles. The number of hydrogen-bond acceptors (Lipinski definition) is 5. The monoisotopic (exact) mass is 293 g/mol. The number of hydrogen-bond donors (Lipinski definition) is 3. The van der Waals surface area contributed by atoms with E-state index in [1.54, 1.807) is 12.1 Å². The van der Waals surface area contributed by atoms with Crippen LogP contribution in [0.5, 0.6) is 17.2 Å². The molecule has 1 heterocycles. The largest absolute Gasteiger partial charge is 0.508 e. The van der Waals surface area contributed by atoms with Crippen LogP contribution in [0.2, 0.25) is 0 Å². The molecule has 21 heavy (non-hydrogen) atoms. The van der Waals surface area contributed by atoms with E-state index in [1.807, 2.05) is 0 Å². The van der Waals surface area contributed by atoms with E-state index < -0.39 is 5.43 Å². The molecule has 0 atom stereocenters. The van der Waals surface area contributed by atoms with Crippen LogP contribution in [-0.4, -0.2) is 44.9 Å². The third-order valence-electron chi connectivity index (χ3n) is 2.95. The zero-order valence-corrected chi connectivity index (χ0v) is 13.2. The number of rotatable bonds is 1. The molecule has 3 N–H and O–H groups in total. The van der Waals surface area contributed by atoms with Gasteiger partial charge in [0.15, 0.2) is 5.43 Å². The van der Waals surface area contributed by atoms with Crippen molar-refractivity contribution in [3.63, 3.8) is 0 Å². The van der Waals surface area contributed by atoms with E-state index in [9.17, 15) is 20.1 Å². The second kappa shape index (κ2) is 5.81. The van der Waals surface area contributed by atoms with Crippen LogP contribution >= 0.6 is 0 Å². The van der Waals surface area contributed by atoms with Gasteiger partial charge < -0.3 is 19.7 Å². The third-order valence-corrected chi connectivity index (χ3v) is 2.95. The summed E-state index contributed by atoms with van der Waals surface area (Å²) in [6, 6.07) is 9.74. The molecule has 0 fully saturated rings. The Balaban J connectivity index is 0.00000161. The van der Waals surface area contributed by atoms with Gasteiger partial charge in [-0.2, -0.15) is 0 Å². The predicted octanol–water partition coefficient (Wildman–Crippen LogP) is 2.20. The van der Waals surface area contributed by atoms with Crippen LogP contribution in [0.1, 0.15) is 0 Å². The van der Waals surface area contributed by atoms with Crippen molar-refractivity contribution in [1.82, 2.24) is 0 Å². The Labute approximate surface area is 141 Å². The summed E-state index contributed by atoms with van der Waals surface area (Å²) in [6.45, 7) is 0. The van der Waals surface area contributed by atoms with Gasteiger partial charge in [0.2, 0.25) is 0 Å². The van der Waals surface area contributed by atoms with Crippen LogP contribution in [0.15, 0.2) is 51.7 Å². The van der Waals surface area contributed by atoms with E-state index in [0.717, 1.165) is 6.07 Å². The number of fused-ring (bicyclic) bond motifs is 1. The Hall–Kier alpha value is -1.95. The Morgan fingerprint density at radius 3 is 2.19 bits per heavy atom. The van der Waals surface area contributed by atoms with Gasteiger partial charge in [-0.15, -0.1) is 0 Å². The normalized spacial score (nSPS) is 10.3. The van der Waals surface area contributed by atoms with Crippen molar-refractivity contribution >= 4 is 40.5 Å². The molecule has 2 aromatic carbocycles. The van der Waals surface area contributed by atoms with Crippen molar-refractivity contribution < 1.29 is 19.7 Å². The summed E-state index contributed by atoms with van der Waals surface area (Å²) in [7, 11) is 0. The molecule has 0 aliphatic rings. The van der Waals surface area contributed by atoms with Crippen molar-refractivity contribution in [2.24, 2.45) is 0 Å². The van der Waals surface area contributed by atoms with E-state index in [2.05, 4.69) is 0 Å².